The third kappa shape index (κ3) is 5.63. The van der Waals surface area contributed by atoms with Crippen LogP contribution >= 0.6 is 0 Å². The Morgan fingerprint density at radius 2 is 1.75 bits per heavy atom. The predicted octanol–water partition coefficient (Wildman–Crippen LogP) is 4.03. The van der Waals surface area contributed by atoms with Crippen LogP contribution < -0.4 is 16.6 Å². The van der Waals surface area contributed by atoms with Gasteiger partial charge in [0.05, 0.1) is 18.0 Å². The van der Waals surface area contributed by atoms with Crippen molar-refractivity contribution in [2.75, 3.05) is 6.54 Å². The van der Waals surface area contributed by atoms with Crippen LogP contribution in [0, 0.1) is 29.9 Å². The van der Waals surface area contributed by atoms with Crippen molar-refractivity contribution in [3.63, 3.8) is 0 Å². The lowest BCUT2D eigenvalue weighted by Crippen LogP contribution is -2.42. The highest BCUT2D eigenvalue weighted by Crippen LogP contribution is 2.39. The maximum Gasteiger partial charge on any atom is 0.331 e. The number of nitriles is 1. The van der Waals surface area contributed by atoms with E-state index in [2.05, 4.69) is 11.4 Å². The second-order valence-electron chi connectivity index (χ2n) is 9.60. The smallest absolute Gasteiger partial charge is 0.314 e. The Hall–Kier alpha value is -3.57. The molecular weight excluding hydrogens is 462 g/mol. The third-order valence-electron chi connectivity index (χ3n) is 7.06. The molecule has 36 heavy (non-hydrogen) atoms. The SMILES string of the molecule is Cc1cn(Cc2ccccc2)c(=O)n(CCCN[C@H]2CC[C@](C#N)(c3cc(F)cc(F)c3)CC2)c1=O. The van der Waals surface area contributed by atoms with Crippen molar-refractivity contribution in [2.45, 2.75) is 63.6 Å². The van der Waals surface area contributed by atoms with Gasteiger partial charge in [-0.1, -0.05) is 30.3 Å². The van der Waals surface area contributed by atoms with Gasteiger partial charge in [-0.3, -0.25) is 13.9 Å². The van der Waals surface area contributed by atoms with Crippen molar-refractivity contribution < 1.29 is 8.78 Å². The summed E-state index contributed by atoms with van der Waals surface area (Å²) in [5.41, 5.74) is 0.410. The van der Waals surface area contributed by atoms with Crippen LogP contribution in [0.5, 0.6) is 0 Å². The van der Waals surface area contributed by atoms with Crippen molar-refractivity contribution in [3.05, 3.63) is 104 Å². The molecule has 1 aliphatic carbocycles. The first-order valence-electron chi connectivity index (χ1n) is 12.3. The number of hydrogen-bond donors (Lipinski definition) is 1. The number of aryl methyl sites for hydroxylation is 1. The Morgan fingerprint density at radius 3 is 2.39 bits per heavy atom. The summed E-state index contributed by atoms with van der Waals surface area (Å²) in [5, 5.41) is 13.3. The molecule has 0 spiro atoms. The fraction of sp³-hybridized carbons (Fsp3) is 0.393. The zero-order valence-electron chi connectivity index (χ0n) is 20.3. The molecule has 0 bridgehead atoms. The zero-order valence-corrected chi connectivity index (χ0v) is 20.3. The van der Waals surface area contributed by atoms with Crippen LogP contribution in [0.2, 0.25) is 0 Å². The summed E-state index contributed by atoms with van der Waals surface area (Å²) in [6.45, 7) is 3.03. The average molecular weight is 493 g/mol. The zero-order chi connectivity index (χ0) is 25.7. The third-order valence-corrected chi connectivity index (χ3v) is 7.06. The molecule has 0 saturated heterocycles. The normalized spacial score (nSPS) is 19.7. The van der Waals surface area contributed by atoms with E-state index < -0.39 is 17.0 Å². The summed E-state index contributed by atoms with van der Waals surface area (Å²) >= 11 is 0. The summed E-state index contributed by atoms with van der Waals surface area (Å²) < 4.78 is 30.3. The minimum atomic E-state index is -0.889. The molecule has 3 aromatic rings. The predicted molar refractivity (Wildman–Crippen MR) is 134 cm³/mol. The summed E-state index contributed by atoms with van der Waals surface area (Å²) in [6, 6.07) is 15.4. The maximum atomic E-state index is 13.7. The van der Waals surface area contributed by atoms with Crippen molar-refractivity contribution in [2.24, 2.45) is 0 Å². The van der Waals surface area contributed by atoms with Gasteiger partial charge < -0.3 is 5.32 Å². The lowest BCUT2D eigenvalue weighted by Gasteiger charge is -2.35. The van der Waals surface area contributed by atoms with Crippen molar-refractivity contribution in [1.29, 1.82) is 5.26 Å². The summed E-state index contributed by atoms with van der Waals surface area (Å²) in [5.74, 6) is -1.34. The molecule has 0 amide bonds. The van der Waals surface area contributed by atoms with E-state index in [1.54, 1.807) is 17.7 Å². The van der Waals surface area contributed by atoms with E-state index in [-0.39, 0.29) is 17.3 Å². The molecule has 1 heterocycles. The monoisotopic (exact) mass is 492 g/mol. The molecule has 0 aliphatic heterocycles. The first kappa shape index (κ1) is 25.5. The largest absolute Gasteiger partial charge is 0.331 e. The standard InChI is InChI=1S/C28H30F2N4O2/c1-20-17-33(18-21-6-3-2-4-7-21)27(36)34(26(20)35)13-5-12-32-25-8-10-28(19-31,11-9-25)22-14-23(29)16-24(30)15-22/h2-4,6-7,14-17,25,32H,5,8-13,18H2,1H3/t25-,28-. The van der Waals surface area contributed by atoms with Gasteiger partial charge in [-0.2, -0.15) is 5.26 Å². The topological polar surface area (TPSA) is 79.8 Å². The van der Waals surface area contributed by atoms with E-state index in [0.29, 0.717) is 62.9 Å². The molecule has 1 N–H and O–H groups in total. The van der Waals surface area contributed by atoms with E-state index in [1.807, 2.05) is 30.3 Å². The molecule has 1 saturated carbocycles. The van der Waals surface area contributed by atoms with Crippen LogP contribution in [-0.2, 0) is 18.5 Å². The molecule has 0 radical (unpaired) electrons. The second-order valence-corrected chi connectivity index (χ2v) is 9.60. The van der Waals surface area contributed by atoms with E-state index in [4.69, 9.17) is 0 Å². The average Bonchev–Trinajstić information content (AvgIpc) is 2.87. The summed E-state index contributed by atoms with van der Waals surface area (Å²) in [6.07, 6.45) is 4.61. The van der Waals surface area contributed by atoms with Gasteiger partial charge in [-0.15, -0.1) is 0 Å². The highest BCUT2D eigenvalue weighted by atomic mass is 19.1. The van der Waals surface area contributed by atoms with Crippen LogP contribution in [0.1, 0.15) is 48.8 Å². The molecule has 0 unspecified atom stereocenters. The number of rotatable bonds is 8. The van der Waals surface area contributed by atoms with Gasteiger partial charge in [0.25, 0.3) is 5.56 Å². The Labute approximate surface area is 208 Å². The molecule has 1 aliphatic rings. The van der Waals surface area contributed by atoms with Crippen LogP contribution in [0.15, 0.2) is 64.3 Å². The minimum absolute atomic E-state index is 0.161. The Morgan fingerprint density at radius 1 is 1.08 bits per heavy atom. The second kappa shape index (κ2) is 11.0. The summed E-state index contributed by atoms with van der Waals surface area (Å²) in [4.78, 5) is 25.6. The van der Waals surface area contributed by atoms with Crippen LogP contribution in [-0.4, -0.2) is 21.7 Å². The lowest BCUT2D eigenvalue weighted by atomic mass is 9.69. The highest BCUT2D eigenvalue weighted by molar-refractivity contribution is 5.34. The van der Waals surface area contributed by atoms with Gasteiger partial charge in [0, 0.05) is 30.4 Å². The van der Waals surface area contributed by atoms with E-state index >= 15 is 0 Å². The minimum Gasteiger partial charge on any atom is -0.314 e. The number of benzene rings is 2. The molecule has 6 nitrogen and oxygen atoms in total. The first-order valence-corrected chi connectivity index (χ1v) is 12.3. The molecule has 1 fully saturated rings. The van der Waals surface area contributed by atoms with Gasteiger partial charge in [-0.05, 0) is 68.8 Å². The number of halogens is 2. The maximum absolute atomic E-state index is 13.7. The molecule has 1 aromatic heterocycles. The van der Waals surface area contributed by atoms with E-state index in [9.17, 15) is 23.6 Å². The van der Waals surface area contributed by atoms with Crippen molar-refractivity contribution >= 4 is 0 Å². The fourth-order valence-corrected chi connectivity index (χ4v) is 5.04. The molecule has 2 aromatic carbocycles. The Bertz CT molecular complexity index is 1350. The quantitative estimate of drug-likeness (QED) is 0.482. The summed E-state index contributed by atoms with van der Waals surface area (Å²) in [7, 11) is 0. The Kier molecular flexibility index (Phi) is 7.80. The fourth-order valence-electron chi connectivity index (χ4n) is 5.04. The van der Waals surface area contributed by atoms with Crippen molar-refractivity contribution in [3.8, 4) is 6.07 Å². The van der Waals surface area contributed by atoms with Gasteiger partial charge in [0.1, 0.15) is 11.6 Å². The first-order chi connectivity index (χ1) is 17.3. The number of hydrogen-bond acceptors (Lipinski definition) is 4. The van der Waals surface area contributed by atoms with Crippen LogP contribution in [0.4, 0.5) is 8.78 Å². The van der Waals surface area contributed by atoms with Gasteiger partial charge >= 0.3 is 5.69 Å². The molecular formula is C28H30F2N4O2. The van der Waals surface area contributed by atoms with Crippen LogP contribution in [0.3, 0.4) is 0 Å². The van der Waals surface area contributed by atoms with Gasteiger partial charge in [0.2, 0.25) is 0 Å². The van der Waals surface area contributed by atoms with Crippen molar-refractivity contribution in [1.82, 2.24) is 14.5 Å². The molecule has 8 heteroatoms. The Balaban J connectivity index is 1.34. The molecule has 4 rings (SSSR count). The van der Waals surface area contributed by atoms with E-state index in [0.717, 1.165) is 11.6 Å². The highest BCUT2D eigenvalue weighted by Gasteiger charge is 2.37. The van der Waals surface area contributed by atoms with Crippen LogP contribution in [0.25, 0.3) is 0 Å². The van der Waals surface area contributed by atoms with E-state index in [1.165, 1.54) is 16.7 Å². The molecule has 188 valence electrons. The lowest BCUT2D eigenvalue weighted by molar-refractivity contribution is 0.292. The van der Waals surface area contributed by atoms with Gasteiger partial charge in [-0.25, -0.2) is 13.6 Å². The number of aromatic nitrogens is 2. The molecule has 0 atom stereocenters. The van der Waals surface area contributed by atoms with Gasteiger partial charge in [0.15, 0.2) is 0 Å². The number of nitrogens with zero attached hydrogens (tertiary/aromatic N) is 3. The number of nitrogens with one attached hydrogen (secondary N) is 1.